The Kier molecular flexibility index (Phi) is 2.96. The van der Waals surface area contributed by atoms with E-state index < -0.39 is 0 Å². The van der Waals surface area contributed by atoms with Crippen LogP contribution in [0.2, 0.25) is 0 Å². The molecule has 0 spiro atoms. The Labute approximate surface area is 109 Å². The van der Waals surface area contributed by atoms with Crippen molar-refractivity contribution >= 4 is 11.2 Å². The Morgan fingerprint density at radius 1 is 1.11 bits per heavy atom. The van der Waals surface area contributed by atoms with Crippen LogP contribution in [0.4, 0.5) is 0 Å². The second kappa shape index (κ2) is 4.08. The maximum absolute atomic E-state index is 4.76. The van der Waals surface area contributed by atoms with Crippen LogP contribution < -0.4 is 0 Å². The molecule has 0 aliphatic carbocycles. The van der Waals surface area contributed by atoms with Gasteiger partial charge in [-0.2, -0.15) is 0 Å². The number of hydrogen-bond donors (Lipinski definition) is 0. The van der Waals surface area contributed by atoms with Gasteiger partial charge in [-0.25, -0.2) is 9.97 Å². The highest BCUT2D eigenvalue weighted by Gasteiger charge is 2.24. The van der Waals surface area contributed by atoms with Gasteiger partial charge in [-0.15, -0.1) is 0 Å². The standard InChI is InChI=1S/C15H23N3/c1-14(2,3)10-12-17-11-8-7-9-16-13(11)18(12)15(4,5)6/h7-9H,10H2,1-6H3. The van der Waals surface area contributed by atoms with Crippen molar-refractivity contribution in [3.05, 3.63) is 24.2 Å². The molecule has 0 aliphatic rings. The molecule has 0 N–H and O–H groups in total. The number of nitrogens with zero attached hydrogens (tertiary/aromatic N) is 3. The van der Waals surface area contributed by atoms with Gasteiger partial charge in [0.15, 0.2) is 5.65 Å². The van der Waals surface area contributed by atoms with E-state index in [9.17, 15) is 0 Å². The molecular formula is C15H23N3. The van der Waals surface area contributed by atoms with Gasteiger partial charge in [-0.05, 0) is 38.3 Å². The third-order valence-corrected chi connectivity index (χ3v) is 2.84. The fourth-order valence-corrected chi connectivity index (χ4v) is 2.26. The molecule has 0 saturated carbocycles. The van der Waals surface area contributed by atoms with E-state index in [-0.39, 0.29) is 11.0 Å². The van der Waals surface area contributed by atoms with Gasteiger partial charge in [0.1, 0.15) is 11.3 Å². The molecule has 0 aromatic carbocycles. The predicted molar refractivity (Wildman–Crippen MR) is 75.7 cm³/mol. The van der Waals surface area contributed by atoms with Crippen LogP contribution in [0.1, 0.15) is 47.4 Å². The van der Waals surface area contributed by atoms with Crippen molar-refractivity contribution in [1.82, 2.24) is 14.5 Å². The average molecular weight is 245 g/mol. The Morgan fingerprint density at radius 2 is 1.78 bits per heavy atom. The van der Waals surface area contributed by atoms with Crippen LogP contribution in [0.15, 0.2) is 18.3 Å². The van der Waals surface area contributed by atoms with E-state index in [1.54, 1.807) is 0 Å². The summed E-state index contributed by atoms with van der Waals surface area (Å²) in [7, 11) is 0. The molecule has 0 unspecified atom stereocenters. The number of hydrogen-bond acceptors (Lipinski definition) is 2. The summed E-state index contributed by atoms with van der Waals surface area (Å²) in [4.78, 5) is 9.26. The quantitative estimate of drug-likeness (QED) is 0.765. The monoisotopic (exact) mass is 245 g/mol. The van der Waals surface area contributed by atoms with Crippen LogP contribution in [0, 0.1) is 5.41 Å². The molecule has 0 amide bonds. The summed E-state index contributed by atoms with van der Waals surface area (Å²) in [6, 6.07) is 3.99. The van der Waals surface area contributed by atoms with Crippen molar-refractivity contribution in [2.75, 3.05) is 0 Å². The molecule has 0 atom stereocenters. The predicted octanol–water partition coefficient (Wildman–Crippen LogP) is 3.77. The summed E-state index contributed by atoms with van der Waals surface area (Å²) < 4.78 is 2.27. The van der Waals surface area contributed by atoms with Crippen LogP contribution in [0.3, 0.4) is 0 Å². The molecule has 2 aromatic heterocycles. The molecule has 0 radical (unpaired) electrons. The van der Waals surface area contributed by atoms with E-state index in [1.165, 1.54) is 0 Å². The first-order valence-electron chi connectivity index (χ1n) is 6.51. The highest BCUT2D eigenvalue weighted by Crippen LogP contribution is 2.28. The molecule has 18 heavy (non-hydrogen) atoms. The first-order valence-corrected chi connectivity index (χ1v) is 6.51. The highest BCUT2D eigenvalue weighted by molar-refractivity contribution is 5.71. The molecular weight excluding hydrogens is 222 g/mol. The molecule has 0 saturated heterocycles. The Hall–Kier alpha value is -1.38. The molecule has 2 rings (SSSR count). The largest absolute Gasteiger partial charge is 0.307 e. The first-order chi connectivity index (χ1) is 8.18. The van der Waals surface area contributed by atoms with Gasteiger partial charge in [0.05, 0.1) is 0 Å². The maximum Gasteiger partial charge on any atom is 0.160 e. The maximum atomic E-state index is 4.76. The summed E-state index contributed by atoms with van der Waals surface area (Å²) in [6.45, 7) is 13.3. The zero-order valence-corrected chi connectivity index (χ0v) is 12.3. The van der Waals surface area contributed by atoms with Gasteiger partial charge >= 0.3 is 0 Å². The molecule has 0 fully saturated rings. The number of pyridine rings is 1. The van der Waals surface area contributed by atoms with E-state index in [1.807, 2.05) is 18.3 Å². The van der Waals surface area contributed by atoms with Crippen LogP contribution in [-0.2, 0) is 12.0 Å². The van der Waals surface area contributed by atoms with Gasteiger partial charge in [-0.1, -0.05) is 20.8 Å². The van der Waals surface area contributed by atoms with Crippen LogP contribution in [-0.4, -0.2) is 14.5 Å². The average Bonchev–Trinajstić information content (AvgIpc) is 2.50. The zero-order chi connectivity index (χ0) is 13.6. The lowest BCUT2D eigenvalue weighted by Gasteiger charge is -2.26. The van der Waals surface area contributed by atoms with Gasteiger partial charge < -0.3 is 4.57 Å². The molecule has 0 aliphatic heterocycles. The van der Waals surface area contributed by atoms with Crippen molar-refractivity contribution in [2.45, 2.75) is 53.5 Å². The van der Waals surface area contributed by atoms with Gasteiger partial charge in [0.25, 0.3) is 0 Å². The Morgan fingerprint density at radius 3 is 2.33 bits per heavy atom. The number of fused-ring (bicyclic) bond motifs is 1. The third-order valence-electron chi connectivity index (χ3n) is 2.84. The van der Waals surface area contributed by atoms with Crippen molar-refractivity contribution < 1.29 is 0 Å². The SMILES string of the molecule is CC(C)(C)Cc1nc2cccnc2n1C(C)(C)C. The summed E-state index contributed by atoms with van der Waals surface area (Å²) in [5, 5.41) is 0. The fourth-order valence-electron chi connectivity index (χ4n) is 2.26. The minimum absolute atomic E-state index is 0.00366. The van der Waals surface area contributed by atoms with Crippen molar-refractivity contribution in [3.8, 4) is 0 Å². The van der Waals surface area contributed by atoms with E-state index in [0.29, 0.717) is 0 Å². The molecule has 2 aromatic rings. The van der Waals surface area contributed by atoms with Gasteiger partial charge in [0.2, 0.25) is 0 Å². The van der Waals surface area contributed by atoms with E-state index in [0.717, 1.165) is 23.4 Å². The summed E-state index contributed by atoms with van der Waals surface area (Å²) >= 11 is 0. The van der Waals surface area contributed by atoms with Crippen molar-refractivity contribution in [3.63, 3.8) is 0 Å². The van der Waals surface area contributed by atoms with Crippen LogP contribution >= 0.6 is 0 Å². The first kappa shape index (κ1) is 13.1. The minimum Gasteiger partial charge on any atom is -0.307 e. The number of rotatable bonds is 1. The normalized spacial score (nSPS) is 13.2. The van der Waals surface area contributed by atoms with Crippen LogP contribution in [0.25, 0.3) is 11.2 Å². The lowest BCUT2D eigenvalue weighted by molar-refractivity contribution is 0.348. The van der Waals surface area contributed by atoms with Crippen molar-refractivity contribution in [1.29, 1.82) is 0 Å². The minimum atomic E-state index is 0.00366. The molecule has 3 nitrogen and oxygen atoms in total. The second-order valence-electron chi connectivity index (χ2n) is 7.12. The second-order valence-corrected chi connectivity index (χ2v) is 7.12. The lowest BCUT2D eigenvalue weighted by atomic mass is 9.91. The topological polar surface area (TPSA) is 30.7 Å². The fraction of sp³-hybridized carbons (Fsp3) is 0.600. The van der Waals surface area contributed by atoms with E-state index in [2.05, 4.69) is 51.1 Å². The summed E-state index contributed by atoms with van der Waals surface area (Å²) in [5.41, 5.74) is 2.21. The molecule has 98 valence electrons. The third kappa shape index (κ3) is 2.55. The molecule has 2 heterocycles. The summed E-state index contributed by atoms with van der Waals surface area (Å²) in [6.07, 6.45) is 2.80. The zero-order valence-electron chi connectivity index (χ0n) is 12.3. The van der Waals surface area contributed by atoms with E-state index >= 15 is 0 Å². The molecule has 3 heteroatoms. The van der Waals surface area contributed by atoms with E-state index in [4.69, 9.17) is 4.98 Å². The van der Waals surface area contributed by atoms with Crippen molar-refractivity contribution in [2.24, 2.45) is 5.41 Å². The highest BCUT2D eigenvalue weighted by atomic mass is 15.2. The molecule has 0 bridgehead atoms. The van der Waals surface area contributed by atoms with Gasteiger partial charge in [-0.3, -0.25) is 0 Å². The van der Waals surface area contributed by atoms with Crippen LogP contribution in [0.5, 0.6) is 0 Å². The number of imidazole rings is 1. The van der Waals surface area contributed by atoms with Gasteiger partial charge in [0, 0.05) is 18.2 Å². The number of aromatic nitrogens is 3. The summed E-state index contributed by atoms with van der Waals surface area (Å²) in [5.74, 6) is 1.13. The lowest BCUT2D eigenvalue weighted by Crippen LogP contribution is -2.26. The Balaban J connectivity index is 2.65. The smallest absolute Gasteiger partial charge is 0.160 e. The Bertz CT molecular complexity index is 553.